The number of Topliss-reactive ketones (excluding diaryl/α,β-unsaturated/α-hetero) is 1. The Balaban J connectivity index is 1.86. The van der Waals surface area contributed by atoms with Gasteiger partial charge in [-0.2, -0.15) is 17.0 Å². The van der Waals surface area contributed by atoms with Crippen LogP contribution in [0.15, 0.2) is 24.3 Å². The number of piperidine rings is 1. The maximum atomic E-state index is 13.0. The van der Waals surface area contributed by atoms with Crippen molar-refractivity contribution in [2.75, 3.05) is 33.7 Å². The van der Waals surface area contributed by atoms with Gasteiger partial charge in [-0.1, -0.05) is 12.1 Å². The van der Waals surface area contributed by atoms with E-state index in [-0.39, 0.29) is 23.7 Å². The van der Waals surface area contributed by atoms with Crippen LogP contribution in [0.1, 0.15) is 40.5 Å². The largest absolute Gasteiger partial charge is 0.334 e. The molecule has 2 bridgehead atoms. The summed E-state index contributed by atoms with van der Waals surface area (Å²) < 4.78 is 27.8. The lowest BCUT2D eigenvalue weighted by atomic mass is 9.94. The minimum atomic E-state index is -3.50. The van der Waals surface area contributed by atoms with Crippen molar-refractivity contribution in [1.82, 2.24) is 13.5 Å². The monoisotopic (exact) mass is 379 g/mol. The number of carbonyl (C=O) groups is 2. The summed E-state index contributed by atoms with van der Waals surface area (Å²) in [6.45, 7) is 2.78. The van der Waals surface area contributed by atoms with Gasteiger partial charge in [0.2, 0.25) is 0 Å². The minimum Gasteiger partial charge on any atom is -0.334 e. The Morgan fingerprint density at radius 1 is 1.08 bits per heavy atom. The van der Waals surface area contributed by atoms with Gasteiger partial charge in [-0.05, 0) is 37.8 Å². The molecule has 0 aliphatic carbocycles. The van der Waals surface area contributed by atoms with Gasteiger partial charge in [-0.15, -0.1) is 0 Å². The Labute approximate surface area is 154 Å². The summed E-state index contributed by atoms with van der Waals surface area (Å²) in [6, 6.07) is 6.60. The first-order valence-electron chi connectivity index (χ1n) is 8.79. The highest BCUT2D eigenvalue weighted by Crippen LogP contribution is 2.31. The van der Waals surface area contributed by atoms with Crippen LogP contribution in [-0.4, -0.2) is 73.4 Å². The molecular weight excluding hydrogens is 354 g/mol. The molecule has 0 saturated carbocycles. The second kappa shape index (κ2) is 7.09. The van der Waals surface area contributed by atoms with E-state index in [1.54, 1.807) is 29.2 Å². The Hall–Kier alpha value is -1.77. The third-order valence-corrected chi connectivity index (χ3v) is 7.12. The smallest absolute Gasteiger partial charge is 0.281 e. The lowest BCUT2D eigenvalue weighted by Gasteiger charge is -2.36. The molecular formula is C18H25N3O4S. The Kier molecular flexibility index (Phi) is 5.18. The summed E-state index contributed by atoms with van der Waals surface area (Å²) in [7, 11) is -0.445. The lowest BCUT2D eigenvalue weighted by Crippen LogP contribution is -2.48. The van der Waals surface area contributed by atoms with Gasteiger partial charge < -0.3 is 4.90 Å². The fourth-order valence-corrected chi connectivity index (χ4v) is 4.97. The number of hydrogen-bond donors (Lipinski definition) is 0. The van der Waals surface area contributed by atoms with Crippen molar-refractivity contribution < 1.29 is 18.0 Å². The molecule has 26 heavy (non-hydrogen) atoms. The predicted molar refractivity (Wildman–Crippen MR) is 98.2 cm³/mol. The van der Waals surface area contributed by atoms with Gasteiger partial charge in [0.15, 0.2) is 5.78 Å². The number of rotatable bonds is 4. The molecule has 0 aromatic heterocycles. The number of nitrogens with zero attached hydrogens (tertiary/aromatic N) is 3. The van der Waals surface area contributed by atoms with Crippen LogP contribution in [0.25, 0.3) is 0 Å². The molecule has 1 aromatic rings. The summed E-state index contributed by atoms with van der Waals surface area (Å²) in [6.07, 6.45) is 1.71. The van der Waals surface area contributed by atoms with Crippen LogP contribution in [-0.2, 0) is 10.2 Å². The second-order valence-electron chi connectivity index (χ2n) is 7.30. The molecule has 3 aliphatic rings. The zero-order valence-electron chi connectivity index (χ0n) is 15.4. The normalized spacial score (nSPS) is 23.9. The molecule has 1 amide bonds. The standard InChI is InChI=1S/C18H25N3O4S/c1-13(22)15-5-4-6-16(9-15)18(23)21-11-14-7-8-17(21)12-20(10-14)26(24,25)19(2)3/h4-6,9,14,17H,7-8,10-12H2,1-3H3/t14-,17+/m1/s1. The minimum absolute atomic E-state index is 0.0831. The zero-order chi connectivity index (χ0) is 19.1. The molecule has 1 aromatic carbocycles. The molecule has 0 N–H and O–H groups in total. The van der Waals surface area contributed by atoms with Crippen molar-refractivity contribution in [2.45, 2.75) is 25.8 Å². The Morgan fingerprint density at radius 2 is 1.77 bits per heavy atom. The second-order valence-corrected chi connectivity index (χ2v) is 9.44. The van der Waals surface area contributed by atoms with E-state index in [2.05, 4.69) is 0 Å². The van der Waals surface area contributed by atoms with Crippen LogP contribution in [0.3, 0.4) is 0 Å². The molecule has 3 aliphatic heterocycles. The van der Waals surface area contributed by atoms with Crippen molar-refractivity contribution in [1.29, 1.82) is 0 Å². The average molecular weight is 379 g/mol. The molecule has 2 atom stereocenters. The number of benzene rings is 1. The molecule has 3 fully saturated rings. The number of amides is 1. The number of hydrogen-bond acceptors (Lipinski definition) is 4. The van der Waals surface area contributed by atoms with E-state index in [0.717, 1.165) is 12.8 Å². The molecule has 0 unspecified atom stereocenters. The third kappa shape index (κ3) is 3.54. The Morgan fingerprint density at radius 3 is 2.42 bits per heavy atom. The van der Waals surface area contributed by atoms with Crippen molar-refractivity contribution in [3.63, 3.8) is 0 Å². The molecule has 3 heterocycles. The van der Waals surface area contributed by atoms with Crippen LogP contribution in [0.5, 0.6) is 0 Å². The fourth-order valence-electron chi connectivity index (χ4n) is 3.74. The van der Waals surface area contributed by atoms with Gasteiger partial charge in [0.25, 0.3) is 16.1 Å². The Bertz CT molecular complexity index is 821. The summed E-state index contributed by atoms with van der Waals surface area (Å²) >= 11 is 0. The van der Waals surface area contributed by atoms with Gasteiger partial charge in [0, 0.05) is 50.9 Å². The first-order valence-corrected chi connectivity index (χ1v) is 10.2. The van der Waals surface area contributed by atoms with Gasteiger partial charge in [-0.3, -0.25) is 9.59 Å². The summed E-state index contributed by atoms with van der Waals surface area (Å²) in [5, 5.41) is 0. The van der Waals surface area contributed by atoms with Gasteiger partial charge in [0.1, 0.15) is 0 Å². The number of fused-ring (bicyclic) bond motifs is 4. The third-order valence-electron chi connectivity index (χ3n) is 5.24. The molecule has 3 saturated heterocycles. The van der Waals surface area contributed by atoms with Crippen LogP contribution < -0.4 is 0 Å². The number of ketones is 1. The summed E-state index contributed by atoms with van der Waals surface area (Å²) in [5.74, 6) is -0.0874. The van der Waals surface area contributed by atoms with E-state index in [0.29, 0.717) is 30.8 Å². The molecule has 0 radical (unpaired) electrons. The van der Waals surface area contributed by atoms with Crippen LogP contribution in [0, 0.1) is 5.92 Å². The maximum Gasteiger partial charge on any atom is 0.281 e. The molecule has 4 rings (SSSR count). The summed E-state index contributed by atoms with van der Waals surface area (Å²) in [5.41, 5.74) is 0.986. The van der Waals surface area contributed by atoms with E-state index in [4.69, 9.17) is 0 Å². The molecule has 8 heteroatoms. The SMILES string of the molecule is CC(=O)c1cccc(C(=O)N2C[C@@H]3CC[C@H]2CN(S(=O)(=O)N(C)C)C3)c1. The topological polar surface area (TPSA) is 78.0 Å². The predicted octanol–water partition coefficient (Wildman–Crippen LogP) is 1.23. The molecule has 0 spiro atoms. The highest BCUT2D eigenvalue weighted by Gasteiger charge is 2.41. The van der Waals surface area contributed by atoms with E-state index >= 15 is 0 Å². The number of carbonyl (C=O) groups excluding carboxylic acids is 2. The van der Waals surface area contributed by atoms with E-state index in [1.165, 1.54) is 29.6 Å². The van der Waals surface area contributed by atoms with E-state index < -0.39 is 10.2 Å². The highest BCUT2D eigenvalue weighted by atomic mass is 32.2. The molecule has 7 nitrogen and oxygen atoms in total. The van der Waals surface area contributed by atoms with Crippen molar-refractivity contribution in [3.8, 4) is 0 Å². The van der Waals surface area contributed by atoms with E-state index in [1.807, 2.05) is 0 Å². The first-order chi connectivity index (χ1) is 12.2. The maximum absolute atomic E-state index is 13.0. The van der Waals surface area contributed by atoms with Gasteiger partial charge in [-0.25, -0.2) is 0 Å². The first kappa shape index (κ1) is 19.0. The average Bonchev–Trinajstić information content (AvgIpc) is 2.93. The highest BCUT2D eigenvalue weighted by molar-refractivity contribution is 7.86. The zero-order valence-corrected chi connectivity index (χ0v) is 16.2. The quantitative estimate of drug-likeness (QED) is 0.737. The fraction of sp³-hybridized carbons (Fsp3) is 0.556. The summed E-state index contributed by atoms with van der Waals surface area (Å²) in [4.78, 5) is 26.4. The lowest BCUT2D eigenvalue weighted by molar-refractivity contribution is 0.0588. The van der Waals surface area contributed by atoms with Crippen molar-refractivity contribution in [3.05, 3.63) is 35.4 Å². The van der Waals surface area contributed by atoms with Gasteiger partial charge >= 0.3 is 0 Å². The van der Waals surface area contributed by atoms with Crippen molar-refractivity contribution >= 4 is 21.9 Å². The van der Waals surface area contributed by atoms with Crippen LogP contribution >= 0.6 is 0 Å². The molecule has 142 valence electrons. The van der Waals surface area contributed by atoms with Crippen LogP contribution in [0.2, 0.25) is 0 Å². The van der Waals surface area contributed by atoms with Crippen LogP contribution in [0.4, 0.5) is 0 Å². The van der Waals surface area contributed by atoms with Crippen molar-refractivity contribution in [2.24, 2.45) is 5.92 Å². The van der Waals surface area contributed by atoms with Gasteiger partial charge in [0.05, 0.1) is 0 Å². The van der Waals surface area contributed by atoms with E-state index in [9.17, 15) is 18.0 Å².